The van der Waals surface area contributed by atoms with Crippen LogP contribution in [-0.4, -0.2) is 35.8 Å². The van der Waals surface area contributed by atoms with Gasteiger partial charge in [-0.2, -0.15) is 22.0 Å². The zero-order valence-electron chi connectivity index (χ0n) is 21.6. The SMILES string of the molecule is Nc1ccc(CCC(=Cc2ccc(OC(=O)c3ccc(OCCCC(F)(F)C(F)(F)F)cc3)cc2)C(=O)O)c(N)c1. The van der Waals surface area contributed by atoms with E-state index in [0.29, 0.717) is 23.4 Å². The highest BCUT2D eigenvalue weighted by atomic mass is 19.4. The van der Waals surface area contributed by atoms with Gasteiger partial charge in [0, 0.05) is 23.4 Å². The maximum absolute atomic E-state index is 12.9. The van der Waals surface area contributed by atoms with Crippen LogP contribution in [0.2, 0.25) is 0 Å². The van der Waals surface area contributed by atoms with Crippen molar-refractivity contribution in [2.75, 3.05) is 18.1 Å². The summed E-state index contributed by atoms with van der Waals surface area (Å²) < 4.78 is 72.9. The number of nitrogen functional groups attached to an aromatic ring is 2. The second kappa shape index (κ2) is 13.2. The van der Waals surface area contributed by atoms with Crippen LogP contribution in [0.25, 0.3) is 6.08 Å². The number of halogens is 5. The third kappa shape index (κ3) is 8.95. The average Bonchev–Trinajstić information content (AvgIpc) is 2.90. The molecule has 0 atom stereocenters. The molecule has 7 nitrogen and oxygen atoms in total. The summed E-state index contributed by atoms with van der Waals surface area (Å²) in [5, 5.41) is 9.60. The van der Waals surface area contributed by atoms with Gasteiger partial charge in [-0.15, -0.1) is 0 Å². The molecule has 5 N–H and O–H groups in total. The van der Waals surface area contributed by atoms with Gasteiger partial charge in [0.25, 0.3) is 0 Å². The van der Waals surface area contributed by atoms with Gasteiger partial charge in [0.2, 0.25) is 0 Å². The summed E-state index contributed by atoms with van der Waals surface area (Å²) in [5.74, 6) is -6.20. The minimum Gasteiger partial charge on any atom is -0.494 e. The number of esters is 1. The number of ether oxygens (including phenoxy) is 2. The van der Waals surface area contributed by atoms with Crippen LogP contribution < -0.4 is 20.9 Å². The van der Waals surface area contributed by atoms with E-state index in [9.17, 15) is 36.6 Å². The van der Waals surface area contributed by atoms with E-state index in [4.69, 9.17) is 20.9 Å². The van der Waals surface area contributed by atoms with Crippen LogP contribution >= 0.6 is 0 Å². The largest absolute Gasteiger partial charge is 0.494 e. The van der Waals surface area contributed by atoms with Gasteiger partial charge in [-0.05, 0) is 85.0 Å². The van der Waals surface area contributed by atoms with E-state index in [0.717, 1.165) is 5.56 Å². The molecule has 0 aromatic heterocycles. The van der Waals surface area contributed by atoms with E-state index in [1.807, 2.05) is 0 Å². The molecule has 0 radical (unpaired) electrons. The Morgan fingerprint density at radius 1 is 0.878 bits per heavy atom. The fraction of sp³-hybridized carbons (Fsp3) is 0.241. The Kier molecular flexibility index (Phi) is 9.93. The number of hydrogen-bond donors (Lipinski definition) is 3. The van der Waals surface area contributed by atoms with Crippen molar-refractivity contribution in [3.8, 4) is 11.5 Å². The summed E-state index contributed by atoms with van der Waals surface area (Å²) in [5.41, 5.74) is 14.3. The molecule has 0 bridgehead atoms. The number of alkyl halides is 5. The molecule has 0 aliphatic heterocycles. The van der Waals surface area contributed by atoms with Crippen molar-refractivity contribution in [2.24, 2.45) is 0 Å². The molecule has 12 heteroatoms. The van der Waals surface area contributed by atoms with Crippen molar-refractivity contribution >= 4 is 29.4 Å². The van der Waals surface area contributed by atoms with Crippen molar-refractivity contribution in [3.05, 3.63) is 89.0 Å². The van der Waals surface area contributed by atoms with Gasteiger partial charge in [-0.1, -0.05) is 18.2 Å². The lowest BCUT2D eigenvalue weighted by molar-refractivity contribution is -0.284. The van der Waals surface area contributed by atoms with Gasteiger partial charge < -0.3 is 26.0 Å². The molecule has 218 valence electrons. The number of aliphatic carboxylic acids is 1. The topological polar surface area (TPSA) is 125 Å². The van der Waals surface area contributed by atoms with Crippen molar-refractivity contribution in [3.63, 3.8) is 0 Å². The predicted molar refractivity (Wildman–Crippen MR) is 143 cm³/mol. The van der Waals surface area contributed by atoms with E-state index < -0.39 is 36.9 Å². The van der Waals surface area contributed by atoms with E-state index in [-0.39, 0.29) is 35.7 Å². The fourth-order valence-corrected chi connectivity index (χ4v) is 3.66. The van der Waals surface area contributed by atoms with Crippen LogP contribution in [0.4, 0.5) is 33.3 Å². The number of carboxylic acid groups (broad SMARTS) is 1. The molecule has 0 aliphatic rings. The maximum Gasteiger partial charge on any atom is 0.453 e. The lowest BCUT2D eigenvalue weighted by Gasteiger charge is -2.19. The smallest absolute Gasteiger partial charge is 0.453 e. The first-order chi connectivity index (χ1) is 19.2. The minimum absolute atomic E-state index is 0.139. The molecule has 3 aromatic carbocycles. The molecule has 0 aliphatic carbocycles. The first kappa shape index (κ1) is 30.9. The number of carbonyl (C=O) groups excluding carboxylic acids is 1. The van der Waals surface area contributed by atoms with Crippen LogP contribution in [0.3, 0.4) is 0 Å². The van der Waals surface area contributed by atoms with Gasteiger partial charge in [-0.3, -0.25) is 0 Å². The number of carbonyl (C=O) groups is 2. The lowest BCUT2D eigenvalue weighted by atomic mass is 10.0. The van der Waals surface area contributed by atoms with E-state index in [2.05, 4.69) is 0 Å². The summed E-state index contributed by atoms with van der Waals surface area (Å²) >= 11 is 0. The summed E-state index contributed by atoms with van der Waals surface area (Å²) in [6.07, 6.45) is -5.40. The molecule has 41 heavy (non-hydrogen) atoms. The van der Waals surface area contributed by atoms with Crippen molar-refractivity contribution < 1.29 is 46.1 Å². The minimum atomic E-state index is -5.61. The molecule has 0 fully saturated rings. The number of nitrogens with two attached hydrogens (primary N) is 2. The van der Waals surface area contributed by atoms with Gasteiger partial charge >= 0.3 is 24.0 Å². The molecule has 0 amide bonds. The van der Waals surface area contributed by atoms with Gasteiger partial charge in [0.15, 0.2) is 0 Å². The monoisotopic (exact) mass is 578 g/mol. The standard InChI is InChI=1S/C29H27F5N2O5/c30-28(31,29(32,33)34)14-1-15-40-23-12-7-20(8-13-23)27(39)41-24-10-2-18(3-11-24)16-21(26(37)38)5-4-19-6-9-22(35)17-25(19)36/h2-3,6-13,16-17H,1,4-5,14-15,35-36H2,(H,37,38). The number of hydrogen-bond acceptors (Lipinski definition) is 6. The molecular weight excluding hydrogens is 551 g/mol. The molecule has 0 unspecified atom stereocenters. The van der Waals surface area contributed by atoms with Crippen molar-refractivity contribution in [1.29, 1.82) is 0 Å². The second-order valence-electron chi connectivity index (χ2n) is 9.07. The molecule has 0 saturated carbocycles. The molecule has 0 saturated heterocycles. The third-order valence-electron chi connectivity index (χ3n) is 5.95. The van der Waals surface area contributed by atoms with Crippen LogP contribution in [0.15, 0.2) is 72.3 Å². The van der Waals surface area contributed by atoms with Crippen molar-refractivity contribution in [1.82, 2.24) is 0 Å². The Balaban J connectivity index is 1.53. The Bertz CT molecular complexity index is 1390. The van der Waals surface area contributed by atoms with Crippen LogP contribution in [0.5, 0.6) is 11.5 Å². The lowest BCUT2D eigenvalue weighted by Crippen LogP contribution is -2.36. The third-order valence-corrected chi connectivity index (χ3v) is 5.95. The summed E-state index contributed by atoms with van der Waals surface area (Å²) in [6, 6.07) is 16.6. The average molecular weight is 579 g/mol. The van der Waals surface area contributed by atoms with Gasteiger partial charge in [0.1, 0.15) is 11.5 Å². The van der Waals surface area contributed by atoms with Crippen LogP contribution in [0.1, 0.15) is 40.7 Å². The number of benzene rings is 3. The molecule has 0 heterocycles. The number of aryl methyl sites for hydroxylation is 1. The first-order valence-corrected chi connectivity index (χ1v) is 12.3. The Morgan fingerprint density at radius 2 is 1.51 bits per heavy atom. The Hall–Kier alpha value is -4.61. The zero-order valence-corrected chi connectivity index (χ0v) is 21.6. The summed E-state index contributed by atoms with van der Waals surface area (Å²) in [6.45, 7) is -0.366. The first-order valence-electron chi connectivity index (χ1n) is 12.3. The van der Waals surface area contributed by atoms with E-state index in [1.54, 1.807) is 30.3 Å². The number of rotatable bonds is 12. The Labute approximate surface area is 232 Å². The maximum atomic E-state index is 12.9. The molecule has 3 aromatic rings. The highest BCUT2D eigenvalue weighted by Crippen LogP contribution is 2.38. The zero-order chi connectivity index (χ0) is 30.2. The summed E-state index contributed by atoms with van der Waals surface area (Å²) in [7, 11) is 0. The highest BCUT2D eigenvalue weighted by molar-refractivity contribution is 5.92. The molecular formula is C29H27F5N2O5. The number of carboxylic acids is 1. The van der Waals surface area contributed by atoms with Crippen molar-refractivity contribution in [2.45, 2.75) is 37.8 Å². The Morgan fingerprint density at radius 3 is 2.10 bits per heavy atom. The van der Waals surface area contributed by atoms with Crippen LogP contribution in [0, 0.1) is 0 Å². The summed E-state index contributed by atoms with van der Waals surface area (Å²) in [4.78, 5) is 24.2. The van der Waals surface area contributed by atoms with Gasteiger partial charge in [0.05, 0.1) is 12.2 Å². The van der Waals surface area contributed by atoms with Crippen LogP contribution in [-0.2, 0) is 11.2 Å². The highest BCUT2D eigenvalue weighted by Gasteiger charge is 2.56. The normalized spacial score (nSPS) is 12.2. The molecule has 0 spiro atoms. The predicted octanol–water partition coefficient (Wildman–Crippen LogP) is 6.53. The van der Waals surface area contributed by atoms with Gasteiger partial charge in [-0.25, -0.2) is 9.59 Å². The number of anilines is 2. The molecule has 3 rings (SSSR count). The second-order valence-corrected chi connectivity index (χ2v) is 9.07. The fourth-order valence-electron chi connectivity index (χ4n) is 3.66. The van der Waals surface area contributed by atoms with E-state index >= 15 is 0 Å². The van der Waals surface area contributed by atoms with E-state index in [1.165, 1.54) is 42.5 Å². The quantitative estimate of drug-likeness (QED) is 0.0558.